The van der Waals surface area contributed by atoms with E-state index in [0.29, 0.717) is 11.1 Å². The van der Waals surface area contributed by atoms with Gasteiger partial charge in [-0.2, -0.15) is 5.26 Å². The second-order valence-electron chi connectivity index (χ2n) is 3.50. The highest BCUT2D eigenvalue weighted by atomic mass is 16.7. The second-order valence-corrected chi connectivity index (χ2v) is 3.50. The van der Waals surface area contributed by atoms with Gasteiger partial charge in [0.05, 0.1) is 18.4 Å². The number of rotatable bonds is 3. The van der Waals surface area contributed by atoms with Crippen molar-refractivity contribution in [1.29, 1.82) is 5.26 Å². The molecule has 0 N–H and O–H groups in total. The molecule has 0 bridgehead atoms. The number of carbonyl (C=O) groups excluding carboxylic acids is 1. The molecule has 2 rings (SSSR count). The Morgan fingerprint density at radius 2 is 2.33 bits per heavy atom. The van der Waals surface area contributed by atoms with E-state index in [1.54, 1.807) is 25.1 Å². The van der Waals surface area contributed by atoms with Crippen molar-refractivity contribution in [1.82, 2.24) is 0 Å². The van der Waals surface area contributed by atoms with Gasteiger partial charge in [0.1, 0.15) is 11.7 Å². The van der Waals surface area contributed by atoms with Crippen molar-refractivity contribution >= 4 is 17.1 Å². The average molecular weight is 245 g/mol. The number of ether oxygens (including phenoxy) is 2. The zero-order valence-corrected chi connectivity index (χ0v) is 9.75. The van der Waals surface area contributed by atoms with Crippen LogP contribution in [0.2, 0.25) is 0 Å². The van der Waals surface area contributed by atoms with E-state index in [2.05, 4.69) is 4.74 Å². The summed E-state index contributed by atoms with van der Waals surface area (Å²) in [5, 5.41) is 9.92. The molecule has 0 aliphatic carbocycles. The number of carbonyl (C=O) groups is 1. The van der Waals surface area contributed by atoms with Gasteiger partial charge in [-0.1, -0.05) is 18.2 Å². The van der Waals surface area contributed by atoms with Crippen LogP contribution in [-0.4, -0.2) is 12.8 Å². The number of nitrogens with zero attached hydrogens (tertiary/aromatic N) is 1. The van der Waals surface area contributed by atoms with Gasteiger partial charge in [0.25, 0.3) is 0 Å². The summed E-state index contributed by atoms with van der Waals surface area (Å²) in [6.07, 6.45) is -0.390. The molecule has 0 saturated heterocycles. The van der Waals surface area contributed by atoms with E-state index in [0.717, 1.165) is 5.39 Å². The molecule has 1 aromatic heterocycles. The van der Waals surface area contributed by atoms with Crippen LogP contribution in [0.15, 0.2) is 34.9 Å². The smallest absolute Gasteiger partial charge is 0.464 e. The molecule has 1 atom stereocenters. The maximum atomic E-state index is 11.2. The molecule has 1 heterocycles. The van der Waals surface area contributed by atoms with Crippen LogP contribution in [-0.2, 0) is 9.47 Å². The molecular weight excluding hydrogens is 234 g/mol. The van der Waals surface area contributed by atoms with E-state index in [1.165, 1.54) is 6.26 Å². The van der Waals surface area contributed by atoms with Gasteiger partial charge < -0.3 is 13.9 Å². The number of nitriles is 1. The lowest BCUT2D eigenvalue weighted by molar-refractivity contribution is 0.0423. The maximum Gasteiger partial charge on any atom is 0.509 e. The van der Waals surface area contributed by atoms with Crippen LogP contribution in [0.4, 0.5) is 4.79 Å². The van der Waals surface area contributed by atoms with Crippen molar-refractivity contribution in [3.05, 3.63) is 36.1 Å². The lowest BCUT2D eigenvalue weighted by Gasteiger charge is -2.10. The molecule has 1 aromatic carbocycles. The maximum absolute atomic E-state index is 11.2. The van der Waals surface area contributed by atoms with Gasteiger partial charge in [0.2, 0.25) is 6.10 Å². The van der Waals surface area contributed by atoms with E-state index in [1.807, 2.05) is 12.1 Å². The Bertz CT molecular complexity index is 596. The minimum Gasteiger partial charge on any atom is -0.464 e. The molecule has 0 aliphatic heterocycles. The summed E-state index contributed by atoms with van der Waals surface area (Å²) >= 11 is 0. The molecule has 0 amide bonds. The molecule has 0 saturated carbocycles. The number of hydrogen-bond acceptors (Lipinski definition) is 5. The summed E-state index contributed by atoms with van der Waals surface area (Å²) in [4.78, 5) is 11.2. The minimum absolute atomic E-state index is 0.196. The summed E-state index contributed by atoms with van der Waals surface area (Å²) in [5.41, 5.74) is 1.04. The van der Waals surface area contributed by atoms with Crippen LogP contribution in [0, 0.1) is 11.3 Å². The highest BCUT2D eigenvalue weighted by Gasteiger charge is 2.20. The Labute approximate surface area is 104 Å². The second kappa shape index (κ2) is 5.23. The number of fused-ring (bicyclic) bond motifs is 1. The first-order valence-corrected chi connectivity index (χ1v) is 5.45. The van der Waals surface area contributed by atoms with Crippen molar-refractivity contribution in [2.24, 2.45) is 0 Å². The number of benzene rings is 1. The molecule has 92 valence electrons. The molecule has 2 aromatic rings. The molecule has 5 nitrogen and oxygen atoms in total. The standard InChI is InChI=1S/C13H11NO4/c1-2-16-13(15)18-11(8-14)10-5-3-4-9-6-7-17-12(9)10/h3-7,11H,2H2,1H3. The van der Waals surface area contributed by atoms with Gasteiger partial charge in [0, 0.05) is 5.39 Å². The molecule has 18 heavy (non-hydrogen) atoms. The highest BCUT2D eigenvalue weighted by Crippen LogP contribution is 2.27. The van der Waals surface area contributed by atoms with Crippen molar-refractivity contribution in [3.63, 3.8) is 0 Å². The Hall–Kier alpha value is -2.48. The van der Waals surface area contributed by atoms with E-state index in [9.17, 15) is 4.79 Å². The zero-order chi connectivity index (χ0) is 13.0. The van der Waals surface area contributed by atoms with Crippen LogP contribution in [0.3, 0.4) is 0 Å². The van der Waals surface area contributed by atoms with Gasteiger partial charge in [0.15, 0.2) is 0 Å². The fourth-order valence-corrected chi connectivity index (χ4v) is 1.63. The van der Waals surface area contributed by atoms with Crippen LogP contribution in [0.5, 0.6) is 0 Å². The van der Waals surface area contributed by atoms with Crippen molar-refractivity contribution in [2.75, 3.05) is 6.61 Å². The summed E-state index contributed by atoms with van der Waals surface area (Å²) in [7, 11) is 0. The third kappa shape index (κ3) is 2.28. The third-order valence-corrected chi connectivity index (χ3v) is 2.39. The molecular formula is C13H11NO4. The predicted octanol–water partition coefficient (Wildman–Crippen LogP) is 3.17. The largest absolute Gasteiger partial charge is 0.509 e. The number of para-hydroxylation sites is 1. The summed E-state index contributed by atoms with van der Waals surface area (Å²) in [6, 6.07) is 8.98. The van der Waals surface area contributed by atoms with Gasteiger partial charge in [-0.25, -0.2) is 4.79 Å². The fourth-order valence-electron chi connectivity index (χ4n) is 1.63. The molecule has 0 fully saturated rings. The number of hydrogen-bond donors (Lipinski definition) is 0. The highest BCUT2D eigenvalue weighted by molar-refractivity contribution is 5.81. The monoisotopic (exact) mass is 245 g/mol. The molecule has 1 unspecified atom stereocenters. The predicted molar refractivity (Wildman–Crippen MR) is 62.7 cm³/mol. The van der Waals surface area contributed by atoms with Crippen molar-refractivity contribution in [3.8, 4) is 6.07 Å². The van der Waals surface area contributed by atoms with Crippen LogP contribution in [0.1, 0.15) is 18.6 Å². The summed E-state index contributed by atoms with van der Waals surface area (Å²) in [6.45, 7) is 1.86. The Morgan fingerprint density at radius 3 is 3.06 bits per heavy atom. The molecule has 0 radical (unpaired) electrons. The molecule has 0 aliphatic rings. The minimum atomic E-state index is -1.04. The van der Waals surface area contributed by atoms with E-state index >= 15 is 0 Å². The average Bonchev–Trinajstić information content (AvgIpc) is 2.84. The Balaban J connectivity index is 2.30. The summed E-state index contributed by atoms with van der Waals surface area (Å²) < 4.78 is 14.9. The normalized spacial score (nSPS) is 11.8. The molecule has 0 spiro atoms. The van der Waals surface area contributed by atoms with Crippen LogP contribution >= 0.6 is 0 Å². The lowest BCUT2D eigenvalue weighted by Crippen LogP contribution is -2.11. The Morgan fingerprint density at radius 1 is 1.50 bits per heavy atom. The van der Waals surface area contributed by atoms with Crippen LogP contribution < -0.4 is 0 Å². The third-order valence-electron chi connectivity index (χ3n) is 2.39. The zero-order valence-electron chi connectivity index (χ0n) is 9.75. The number of furan rings is 1. The van der Waals surface area contributed by atoms with Crippen LogP contribution in [0.25, 0.3) is 11.0 Å². The van der Waals surface area contributed by atoms with Crippen molar-refractivity contribution < 1.29 is 18.7 Å². The van der Waals surface area contributed by atoms with E-state index in [4.69, 9.17) is 14.4 Å². The first-order valence-electron chi connectivity index (χ1n) is 5.45. The topological polar surface area (TPSA) is 72.5 Å². The summed E-state index contributed by atoms with van der Waals surface area (Å²) in [5.74, 6) is 0. The first kappa shape index (κ1) is 12.0. The van der Waals surface area contributed by atoms with Gasteiger partial charge in [-0.05, 0) is 13.0 Å². The fraction of sp³-hybridized carbons (Fsp3) is 0.231. The first-order chi connectivity index (χ1) is 8.76. The Kier molecular flexibility index (Phi) is 3.49. The lowest BCUT2D eigenvalue weighted by atomic mass is 10.1. The van der Waals surface area contributed by atoms with E-state index < -0.39 is 12.3 Å². The van der Waals surface area contributed by atoms with Gasteiger partial charge in [-0.15, -0.1) is 0 Å². The quantitative estimate of drug-likeness (QED) is 0.776. The van der Waals surface area contributed by atoms with Gasteiger partial charge in [-0.3, -0.25) is 0 Å². The molecule has 5 heteroatoms. The SMILES string of the molecule is CCOC(=O)OC(C#N)c1cccc2ccoc12. The van der Waals surface area contributed by atoms with Crippen molar-refractivity contribution in [2.45, 2.75) is 13.0 Å². The van der Waals surface area contributed by atoms with Gasteiger partial charge >= 0.3 is 6.16 Å². The van der Waals surface area contributed by atoms with E-state index in [-0.39, 0.29) is 6.61 Å².